The molecule has 1 aromatic carbocycles. The van der Waals surface area contributed by atoms with Crippen molar-refractivity contribution in [3.8, 4) is 6.01 Å². The largest absolute Gasteiger partial charge is 0.458 e. The monoisotopic (exact) mass is 403 g/mol. The van der Waals surface area contributed by atoms with Gasteiger partial charge in [-0.15, -0.1) is 0 Å². The summed E-state index contributed by atoms with van der Waals surface area (Å²) in [5.74, 6) is -0.274. The topological polar surface area (TPSA) is 38.2 Å². The van der Waals surface area contributed by atoms with Crippen LogP contribution in [0, 0.1) is 0 Å². The second-order valence-corrected chi connectivity index (χ2v) is 6.97. The van der Waals surface area contributed by atoms with Crippen LogP contribution in [0.4, 0.5) is 24.7 Å². The number of hydrogen-bond donors (Lipinski definition) is 0. The van der Waals surface area contributed by atoms with Crippen LogP contribution in [0.15, 0.2) is 34.9 Å². The van der Waals surface area contributed by atoms with E-state index < -0.39 is 17.3 Å². The molecule has 24 heavy (non-hydrogen) atoms. The van der Waals surface area contributed by atoms with Crippen molar-refractivity contribution in [1.82, 2.24) is 9.97 Å². The van der Waals surface area contributed by atoms with Crippen LogP contribution in [0.25, 0.3) is 0 Å². The molecule has 8 heteroatoms. The number of benzene rings is 1. The van der Waals surface area contributed by atoms with E-state index in [4.69, 9.17) is 4.74 Å². The highest BCUT2D eigenvalue weighted by Gasteiger charge is 2.37. The van der Waals surface area contributed by atoms with Gasteiger partial charge in [-0.25, -0.2) is 4.98 Å². The first-order chi connectivity index (χ1) is 11.0. The Morgan fingerprint density at radius 2 is 1.75 bits per heavy atom. The molecule has 0 spiro atoms. The lowest BCUT2D eigenvalue weighted by molar-refractivity contribution is -0.137. The van der Waals surface area contributed by atoms with Crippen LogP contribution in [0.3, 0.4) is 0 Å². The Morgan fingerprint density at radius 1 is 1.12 bits per heavy atom. The van der Waals surface area contributed by atoms with Crippen LogP contribution in [0.2, 0.25) is 0 Å². The van der Waals surface area contributed by atoms with Gasteiger partial charge in [0.15, 0.2) is 5.82 Å². The van der Waals surface area contributed by atoms with Crippen molar-refractivity contribution in [3.63, 3.8) is 0 Å². The van der Waals surface area contributed by atoms with E-state index in [1.165, 1.54) is 11.9 Å². The first-order valence-electron chi connectivity index (χ1n) is 7.10. The molecule has 0 N–H and O–H groups in total. The highest BCUT2D eigenvalue weighted by molar-refractivity contribution is 9.10. The number of ether oxygens (including phenoxy) is 1. The second kappa shape index (κ2) is 6.58. The van der Waals surface area contributed by atoms with E-state index in [0.717, 1.165) is 6.20 Å². The first-order valence-corrected chi connectivity index (χ1v) is 7.90. The maximum atomic E-state index is 13.3. The van der Waals surface area contributed by atoms with Gasteiger partial charge in [0.25, 0.3) is 0 Å². The summed E-state index contributed by atoms with van der Waals surface area (Å²) in [7, 11) is 1.51. The lowest BCUT2D eigenvalue weighted by Gasteiger charge is -2.25. The minimum atomic E-state index is -4.58. The third-order valence-corrected chi connectivity index (χ3v) is 3.65. The van der Waals surface area contributed by atoms with E-state index in [0.29, 0.717) is 10.2 Å². The van der Waals surface area contributed by atoms with Crippen LogP contribution in [0.5, 0.6) is 6.01 Å². The molecule has 0 aliphatic heterocycles. The number of nitrogens with zero attached hydrogens (tertiary/aromatic N) is 3. The summed E-state index contributed by atoms with van der Waals surface area (Å²) in [6.07, 6.45) is -3.83. The highest BCUT2D eigenvalue weighted by atomic mass is 79.9. The van der Waals surface area contributed by atoms with Crippen LogP contribution in [-0.4, -0.2) is 22.6 Å². The van der Waals surface area contributed by atoms with Crippen molar-refractivity contribution in [2.45, 2.75) is 32.5 Å². The molecule has 1 aromatic heterocycles. The molecule has 2 aromatic rings. The average Bonchev–Trinajstić information content (AvgIpc) is 2.44. The highest BCUT2D eigenvalue weighted by Crippen LogP contribution is 2.39. The SMILES string of the molecule is CN(c1ccccc1Br)c1nc(OC(C)(C)C)ncc1C(F)(F)F. The molecule has 0 aliphatic rings. The maximum Gasteiger partial charge on any atom is 0.421 e. The van der Waals surface area contributed by atoms with Gasteiger partial charge in [-0.2, -0.15) is 18.2 Å². The van der Waals surface area contributed by atoms with Crippen molar-refractivity contribution in [2.75, 3.05) is 11.9 Å². The Labute approximate surface area is 146 Å². The number of hydrogen-bond acceptors (Lipinski definition) is 4. The Balaban J connectivity index is 2.56. The summed E-state index contributed by atoms with van der Waals surface area (Å²) in [4.78, 5) is 9.04. The van der Waals surface area contributed by atoms with Gasteiger partial charge >= 0.3 is 12.2 Å². The zero-order valence-electron chi connectivity index (χ0n) is 13.6. The normalized spacial score (nSPS) is 12.2. The molecule has 0 saturated carbocycles. The molecule has 0 bridgehead atoms. The second-order valence-electron chi connectivity index (χ2n) is 6.11. The Kier molecular flexibility index (Phi) is 5.08. The summed E-state index contributed by atoms with van der Waals surface area (Å²) in [6.45, 7) is 5.31. The summed E-state index contributed by atoms with van der Waals surface area (Å²) >= 11 is 3.34. The number of aromatic nitrogens is 2. The van der Waals surface area contributed by atoms with Gasteiger partial charge in [-0.05, 0) is 48.8 Å². The third kappa shape index (κ3) is 4.37. The molecular formula is C16H17BrF3N3O. The van der Waals surface area contributed by atoms with E-state index in [1.807, 2.05) is 0 Å². The van der Waals surface area contributed by atoms with E-state index in [1.54, 1.807) is 45.0 Å². The molecule has 1 heterocycles. The van der Waals surface area contributed by atoms with Crippen LogP contribution < -0.4 is 9.64 Å². The first kappa shape index (κ1) is 18.5. The predicted molar refractivity (Wildman–Crippen MR) is 89.6 cm³/mol. The minimum Gasteiger partial charge on any atom is -0.458 e. The van der Waals surface area contributed by atoms with Crippen LogP contribution in [0.1, 0.15) is 26.3 Å². The van der Waals surface area contributed by atoms with Gasteiger partial charge in [0, 0.05) is 17.7 Å². The van der Waals surface area contributed by atoms with Crippen molar-refractivity contribution in [3.05, 3.63) is 40.5 Å². The van der Waals surface area contributed by atoms with E-state index in [9.17, 15) is 13.2 Å². The van der Waals surface area contributed by atoms with Gasteiger partial charge in [0.05, 0.1) is 5.69 Å². The summed E-state index contributed by atoms with van der Waals surface area (Å²) < 4.78 is 46.2. The molecule has 0 radical (unpaired) electrons. The molecule has 0 unspecified atom stereocenters. The molecule has 0 aliphatic carbocycles. The number of rotatable bonds is 3. The van der Waals surface area contributed by atoms with E-state index >= 15 is 0 Å². The molecule has 0 saturated heterocycles. The lowest BCUT2D eigenvalue weighted by atomic mass is 10.2. The van der Waals surface area contributed by atoms with Crippen LogP contribution >= 0.6 is 15.9 Å². The maximum absolute atomic E-state index is 13.3. The Bertz CT molecular complexity index is 729. The summed E-state index contributed by atoms with van der Waals surface area (Å²) in [6, 6.07) is 6.84. The Hall–Kier alpha value is -1.83. The zero-order valence-corrected chi connectivity index (χ0v) is 15.2. The molecule has 4 nitrogen and oxygen atoms in total. The molecule has 0 fully saturated rings. The van der Waals surface area contributed by atoms with Crippen LogP contribution in [-0.2, 0) is 6.18 Å². The van der Waals surface area contributed by atoms with Gasteiger partial charge in [-0.3, -0.25) is 0 Å². The molecule has 130 valence electrons. The molecule has 0 atom stereocenters. The van der Waals surface area contributed by atoms with Crippen molar-refractivity contribution in [2.24, 2.45) is 0 Å². The number of anilines is 2. The number of para-hydroxylation sites is 1. The smallest absolute Gasteiger partial charge is 0.421 e. The molecule has 2 rings (SSSR count). The fourth-order valence-corrected chi connectivity index (χ4v) is 2.52. The van der Waals surface area contributed by atoms with Gasteiger partial charge < -0.3 is 9.64 Å². The molecule has 0 amide bonds. The number of alkyl halides is 3. The zero-order chi connectivity index (χ0) is 18.1. The quantitative estimate of drug-likeness (QED) is 0.705. The molecular weight excluding hydrogens is 387 g/mol. The summed E-state index contributed by atoms with van der Waals surface area (Å²) in [5, 5.41) is 0. The van der Waals surface area contributed by atoms with Crippen molar-refractivity contribution in [1.29, 1.82) is 0 Å². The van der Waals surface area contributed by atoms with E-state index in [2.05, 4.69) is 25.9 Å². The van der Waals surface area contributed by atoms with Gasteiger partial charge in [0.2, 0.25) is 0 Å². The standard InChI is InChI=1S/C16H17BrF3N3O/c1-15(2,3)24-14-21-9-10(16(18,19)20)13(22-14)23(4)12-8-6-5-7-11(12)17/h5-9H,1-4H3. The lowest BCUT2D eigenvalue weighted by Crippen LogP contribution is -2.26. The Morgan fingerprint density at radius 3 is 2.29 bits per heavy atom. The predicted octanol–water partition coefficient (Wildman–Crippen LogP) is 5.20. The fraction of sp³-hybridized carbons (Fsp3) is 0.375. The van der Waals surface area contributed by atoms with Crippen molar-refractivity contribution >= 4 is 27.4 Å². The average molecular weight is 404 g/mol. The fourth-order valence-electron chi connectivity index (χ4n) is 1.97. The summed E-state index contributed by atoms with van der Waals surface area (Å²) in [5.41, 5.74) is -1.01. The van der Waals surface area contributed by atoms with Crippen molar-refractivity contribution < 1.29 is 17.9 Å². The number of halogens is 4. The minimum absolute atomic E-state index is 0.107. The van der Waals surface area contributed by atoms with E-state index in [-0.39, 0.29) is 11.8 Å². The van der Waals surface area contributed by atoms with Gasteiger partial charge in [-0.1, -0.05) is 12.1 Å². The van der Waals surface area contributed by atoms with Gasteiger partial charge in [0.1, 0.15) is 11.2 Å². The third-order valence-electron chi connectivity index (χ3n) is 2.98.